The Morgan fingerprint density at radius 1 is 1.67 bits per heavy atom. The van der Waals surface area contributed by atoms with Crippen LogP contribution in [0.2, 0.25) is 0 Å². The van der Waals surface area contributed by atoms with Crippen LogP contribution >= 0.6 is 0 Å². The molecule has 4 nitrogen and oxygen atoms in total. The number of hydrogen-bond acceptors (Lipinski definition) is 3. The average molecular weight is 166 g/mol. The molecule has 1 heterocycles. The van der Waals surface area contributed by atoms with Crippen molar-refractivity contribution >= 4 is 5.97 Å². The van der Waals surface area contributed by atoms with E-state index in [1.165, 1.54) is 6.08 Å². The highest BCUT2D eigenvalue weighted by molar-refractivity contribution is 5.80. The van der Waals surface area contributed by atoms with Gasteiger partial charge in [-0.2, -0.15) is 0 Å². The lowest BCUT2D eigenvalue weighted by atomic mass is 10.2. The number of hydrogen-bond donors (Lipinski definition) is 3. The molecule has 0 saturated carbocycles. The average Bonchev–Trinajstić information content (AvgIpc) is 2.03. The Morgan fingerprint density at radius 3 is 2.92 bits per heavy atom. The zero-order valence-corrected chi connectivity index (χ0v) is 6.45. The molecule has 0 bridgehead atoms. The van der Waals surface area contributed by atoms with Gasteiger partial charge in [0.25, 0.3) is 0 Å². The molecule has 4 N–H and O–H groups in total. The highest BCUT2D eigenvalue weighted by Gasteiger charge is 1.98. The molecule has 0 saturated heterocycles. The summed E-state index contributed by atoms with van der Waals surface area (Å²) in [5, 5.41) is 11.2. The molecular formula is C8H10N2O2. The predicted octanol–water partition coefficient (Wildman–Crippen LogP) is -0.0431. The third kappa shape index (κ3) is 2.49. The Kier molecular flexibility index (Phi) is 2.53. The van der Waals surface area contributed by atoms with E-state index in [0.717, 1.165) is 11.6 Å². The number of carboxylic acids is 1. The first kappa shape index (κ1) is 8.39. The summed E-state index contributed by atoms with van der Waals surface area (Å²) in [5.41, 5.74) is 6.31. The van der Waals surface area contributed by atoms with Gasteiger partial charge in [-0.15, -0.1) is 0 Å². The second-order valence-corrected chi connectivity index (χ2v) is 2.39. The van der Waals surface area contributed by atoms with Gasteiger partial charge in [-0.05, 0) is 11.6 Å². The van der Waals surface area contributed by atoms with Crippen molar-refractivity contribution in [2.75, 3.05) is 6.54 Å². The molecule has 0 aromatic carbocycles. The Balaban J connectivity index is 2.60. The molecule has 0 radical (unpaired) electrons. The van der Waals surface area contributed by atoms with E-state index in [1.807, 2.05) is 0 Å². The summed E-state index contributed by atoms with van der Waals surface area (Å²) < 4.78 is 0. The fourth-order valence-corrected chi connectivity index (χ4v) is 0.812. The van der Waals surface area contributed by atoms with E-state index in [4.69, 9.17) is 10.8 Å². The molecule has 0 amide bonds. The lowest BCUT2D eigenvalue weighted by molar-refractivity contribution is -0.131. The third-order valence-corrected chi connectivity index (χ3v) is 1.41. The first-order valence-electron chi connectivity index (χ1n) is 3.49. The van der Waals surface area contributed by atoms with Crippen LogP contribution in [0.1, 0.15) is 0 Å². The number of rotatable bonds is 2. The van der Waals surface area contributed by atoms with Crippen molar-refractivity contribution < 1.29 is 9.90 Å². The second kappa shape index (κ2) is 3.61. The third-order valence-electron chi connectivity index (χ3n) is 1.41. The topological polar surface area (TPSA) is 75.4 Å². The molecule has 4 heteroatoms. The van der Waals surface area contributed by atoms with Crippen LogP contribution in [0.3, 0.4) is 0 Å². The molecule has 0 aromatic heterocycles. The molecule has 12 heavy (non-hydrogen) atoms. The van der Waals surface area contributed by atoms with E-state index in [2.05, 4.69) is 5.32 Å². The van der Waals surface area contributed by atoms with Gasteiger partial charge >= 0.3 is 5.97 Å². The van der Waals surface area contributed by atoms with Crippen molar-refractivity contribution in [2.24, 2.45) is 5.73 Å². The van der Waals surface area contributed by atoms with Gasteiger partial charge in [0.15, 0.2) is 0 Å². The lowest BCUT2D eigenvalue weighted by Crippen LogP contribution is -2.24. The Bertz CT molecular complexity index is 277. The number of aliphatic carboxylic acids is 1. The summed E-state index contributed by atoms with van der Waals surface area (Å²) in [4.78, 5) is 10.1. The monoisotopic (exact) mass is 166 g/mol. The zero-order chi connectivity index (χ0) is 8.97. The van der Waals surface area contributed by atoms with Crippen molar-refractivity contribution in [1.82, 2.24) is 5.32 Å². The minimum absolute atomic E-state index is 0.576. The summed E-state index contributed by atoms with van der Waals surface area (Å²) in [5.74, 6) is -0.346. The first-order chi connectivity index (χ1) is 5.68. The molecule has 0 atom stereocenters. The van der Waals surface area contributed by atoms with Crippen molar-refractivity contribution in [1.29, 1.82) is 0 Å². The molecule has 0 unspecified atom stereocenters. The maximum Gasteiger partial charge on any atom is 0.328 e. The fourth-order valence-electron chi connectivity index (χ4n) is 0.812. The standard InChI is InChI=1S/C8H10N2O2/c9-7-3-1-6(5-10-7)2-4-8(11)12/h1-4,10H,5,9H2,(H,11,12)/b4-2+. The van der Waals surface area contributed by atoms with E-state index >= 15 is 0 Å². The Morgan fingerprint density at radius 2 is 2.42 bits per heavy atom. The highest BCUT2D eigenvalue weighted by atomic mass is 16.4. The van der Waals surface area contributed by atoms with Crippen LogP contribution in [0, 0.1) is 0 Å². The molecule has 64 valence electrons. The van der Waals surface area contributed by atoms with Gasteiger partial charge in [-0.25, -0.2) is 4.79 Å². The van der Waals surface area contributed by atoms with Crippen molar-refractivity contribution in [3.05, 3.63) is 35.7 Å². The maximum atomic E-state index is 10.1. The van der Waals surface area contributed by atoms with E-state index < -0.39 is 5.97 Å². The molecule has 0 aromatic rings. The quantitative estimate of drug-likeness (QED) is 0.503. The van der Waals surface area contributed by atoms with Gasteiger partial charge in [-0.3, -0.25) is 0 Å². The van der Waals surface area contributed by atoms with Gasteiger partial charge in [0.1, 0.15) is 0 Å². The molecule has 1 rings (SSSR count). The van der Waals surface area contributed by atoms with E-state index in [-0.39, 0.29) is 0 Å². The van der Waals surface area contributed by atoms with Gasteiger partial charge < -0.3 is 16.2 Å². The molecule has 0 spiro atoms. The summed E-state index contributed by atoms with van der Waals surface area (Å²) in [7, 11) is 0. The minimum atomic E-state index is -0.946. The summed E-state index contributed by atoms with van der Waals surface area (Å²) in [6.07, 6.45) is 6.12. The predicted molar refractivity (Wildman–Crippen MR) is 45.1 cm³/mol. The Hall–Kier alpha value is -1.71. The summed E-state index contributed by atoms with van der Waals surface area (Å²) in [6.45, 7) is 0.576. The SMILES string of the molecule is NC1=CC=C(/C=C/C(=O)O)CN1. The van der Waals surface area contributed by atoms with Crippen LogP contribution < -0.4 is 11.1 Å². The van der Waals surface area contributed by atoms with Gasteiger partial charge in [-0.1, -0.05) is 12.2 Å². The molecule has 0 fully saturated rings. The van der Waals surface area contributed by atoms with Crippen LogP contribution in [-0.4, -0.2) is 17.6 Å². The number of carbonyl (C=O) groups is 1. The van der Waals surface area contributed by atoms with E-state index in [0.29, 0.717) is 12.4 Å². The second-order valence-electron chi connectivity index (χ2n) is 2.39. The van der Waals surface area contributed by atoms with Crippen molar-refractivity contribution in [2.45, 2.75) is 0 Å². The number of dihydropyridines is 1. The van der Waals surface area contributed by atoms with Gasteiger partial charge in [0.05, 0.1) is 5.82 Å². The smallest absolute Gasteiger partial charge is 0.328 e. The normalized spacial score (nSPS) is 16.7. The zero-order valence-electron chi connectivity index (χ0n) is 6.45. The number of carboxylic acid groups (broad SMARTS) is 1. The lowest BCUT2D eigenvalue weighted by Gasteiger charge is -2.10. The van der Waals surface area contributed by atoms with Crippen LogP contribution in [-0.2, 0) is 4.79 Å². The number of nitrogens with two attached hydrogens (primary N) is 1. The van der Waals surface area contributed by atoms with E-state index in [9.17, 15) is 4.79 Å². The van der Waals surface area contributed by atoms with Gasteiger partial charge in [0.2, 0.25) is 0 Å². The van der Waals surface area contributed by atoms with Crippen molar-refractivity contribution in [3.8, 4) is 0 Å². The van der Waals surface area contributed by atoms with Gasteiger partial charge in [0, 0.05) is 12.6 Å². The van der Waals surface area contributed by atoms with Crippen LogP contribution in [0.4, 0.5) is 0 Å². The van der Waals surface area contributed by atoms with Crippen LogP contribution in [0.5, 0.6) is 0 Å². The Labute approximate surface area is 70.1 Å². The summed E-state index contributed by atoms with van der Waals surface area (Å²) in [6, 6.07) is 0. The first-order valence-corrected chi connectivity index (χ1v) is 3.49. The van der Waals surface area contributed by atoms with Crippen molar-refractivity contribution in [3.63, 3.8) is 0 Å². The van der Waals surface area contributed by atoms with Crippen LogP contribution in [0.25, 0.3) is 0 Å². The summed E-state index contributed by atoms with van der Waals surface area (Å²) >= 11 is 0. The molecule has 1 aliphatic heterocycles. The molecule has 1 aliphatic rings. The maximum absolute atomic E-state index is 10.1. The largest absolute Gasteiger partial charge is 0.478 e. The molecular weight excluding hydrogens is 156 g/mol. The molecule has 0 aliphatic carbocycles. The number of allylic oxidation sites excluding steroid dienone is 2. The highest BCUT2D eigenvalue weighted by Crippen LogP contribution is 2.01. The fraction of sp³-hybridized carbons (Fsp3) is 0.125. The minimum Gasteiger partial charge on any atom is -0.478 e. The van der Waals surface area contributed by atoms with Crippen LogP contribution in [0.15, 0.2) is 35.7 Å². The number of nitrogens with one attached hydrogen (secondary N) is 1. The van der Waals surface area contributed by atoms with E-state index in [1.54, 1.807) is 12.2 Å².